The van der Waals surface area contributed by atoms with Gasteiger partial charge in [0.1, 0.15) is 5.75 Å². The number of methoxy groups -OCH3 is 1. The van der Waals surface area contributed by atoms with Crippen molar-refractivity contribution in [2.24, 2.45) is 22.4 Å². The lowest BCUT2D eigenvalue weighted by Crippen LogP contribution is -2.42. The Morgan fingerprint density at radius 2 is 2.09 bits per heavy atom. The first-order valence-corrected chi connectivity index (χ1v) is 8.55. The zero-order chi connectivity index (χ0) is 15.3. The Labute approximate surface area is 132 Å². The number of ether oxygens (including phenoxy) is 1. The quantitative estimate of drug-likeness (QED) is 0.617. The summed E-state index contributed by atoms with van der Waals surface area (Å²) in [6, 6.07) is 6.64. The predicted molar refractivity (Wildman–Crippen MR) is 86.8 cm³/mol. The third kappa shape index (κ3) is 1.84. The predicted octanol–water partition coefficient (Wildman–Crippen LogP) is 4.38. The van der Waals surface area contributed by atoms with Gasteiger partial charge in [0.25, 0.3) is 0 Å². The van der Waals surface area contributed by atoms with Crippen molar-refractivity contribution in [1.82, 2.24) is 0 Å². The monoisotopic (exact) mass is 299 g/mol. The molecule has 118 valence electrons. The van der Waals surface area contributed by atoms with Crippen molar-refractivity contribution in [2.75, 3.05) is 7.11 Å². The minimum atomic E-state index is 0.139. The molecule has 0 aliphatic heterocycles. The highest BCUT2D eigenvalue weighted by molar-refractivity contribution is 5.92. The highest BCUT2D eigenvalue weighted by atomic mass is 16.5. The summed E-state index contributed by atoms with van der Waals surface area (Å²) >= 11 is 0. The summed E-state index contributed by atoms with van der Waals surface area (Å²) in [5.41, 5.74) is 4.23. The maximum absolute atomic E-state index is 9.36. The van der Waals surface area contributed by atoms with E-state index in [4.69, 9.17) is 4.74 Å². The Bertz CT molecular complexity index is 624. The molecule has 0 unspecified atom stereocenters. The molecule has 4 atom stereocenters. The van der Waals surface area contributed by atoms with Crippen LogP contribution >= 0.6 is 0 Å². The number of oxime groups is 1. The van der Waals surface area contributed by atoms with Gasteiger partial charge in [-0.25, -0.2) is 0 Å². The summed E-state index contributed by atoms with van der Waals surface area (Å²) in [6.45, 7) is 2.33. The summed E-state index contributed by atoms with van der Waals surface area (Å²) in [4.78, 5) is 0. The van der Waals surface area contributed by atoms with Crippen LogP contribution in [0.1, 0.15) is 56.1 Å². The normalized spacial score (nSPS) is 38.3. The van der Waals surface area contributed by atoms with Gasteiger partial charge in [-0.1, -0.05) is 18.1 Å². The van der Waals surface area contributed by atoms with Crippen molar-refractivity contribution in [2.45, 2.75) is 51.4 Å². The Morgan fingerprint density at radius 3 is 2.86 bits per heavy atom. The number of rotatable bonds is 1. The van der Waals surface area contributed by atoms with Crippen molar-refractivity contribution in [3.63, 3.8) is 0 Å². The highest BCUT2D eigenvalue weighted by Gasteiger charge is 2.53. The zero-order valence-corrected chi connectivity index (χ0v) is 13.5. The molecule has 4 rings (SSSR count). The Kier molecular flexibility index (Phi) is 3.21. The van der Waals surface area contributed by atoms with Crippen LogP contribution in [0.5, 0.6) is 5.75 Å². The number of hydrogen-bond donors (Lipinski definition) is 1. The lowest BCUT2D eigenvalue weighted by atomic mass is 9.55. The first kappa shape index (κ1) is 14.1. The van der Waals surface area contributed by atoms with Gasteiger partial charge < -0.3 is 9.94 Å². The van der Waals surface area contributed by atoms with E-state index in [1.165, 1.54) is 24.8 Å². The highest BCUT2D eigenvalue weighted by Crippen LogP contribution is 2.59. The van der Waals surface area contributed by atoms with E-state index in [9.17, 15) is 5.21 Å². The fraction of sp³-hybridized carbons (Fsp3) is 0.632. The number of nitrogens with zero attached hydrogens (tertiary/aromatic N) is 1. The van der Waals surface area contributed by atoms with Crippen molar-refractivity contribution < 1.29 is 9.94 Å². The average molecular weight is 299 g/mol. The molecule has 3 nitrogen and oxygen atoms in total. The molecule has 0 saturated heterocycles. The molecule has 3 aliphatic carbocycles. The Hall–Kier alpha value is -1.51. The van der Waals surface area contributed by atoms with E-state index < -0.39 is 0 Å². The van der Waals surface area contributed by atoms with E-state index in [2.05, 4.69) is 30.3 Å². The minimum absolute atomic E-state index is 0.139. The second-order valence-corrected chi connectivity index (χ2v) is 7.52. The van der Waals surface area contributed by atoms with Crippen molar-refractivity contribution >= 4 is 5.71 Å². The smallest absolute Gasteiger partial charge is 0.119 e. The summed E-state index contributed by atoms with van der Waals surface area (Å²) in [6.07, 6.45) is 6.98. The largest absolute Gasteiger partial charge is 0.497 e. The minimum Gasteiger partial charge on any atom is -0.497 e. The fourth-order valence-electron chi connectivity index (χ4n) is 5.64. The molecule has 2 fully saturated rings. The van der Waals surface area contributed by atoms with E-state index in [1.807, 2.05) is 0 Å². The van der Waals surface area contributed by atoms with Gasteiger partial charge in [0.05, 0.1) is 12.8 Å². The molecule has 0 spiro atoms. The van der Waals surface area contributed by atoms with Crippen LogP contribution in [0.4, 0.5) is 0 Å². The molecule has 3 aliphatic rings. The van der Waals surface area contributed by atoms with E-state index in [-0.39, 0.29) is 5.41 Å². The standard InChI is InChI=1S/C19H25NO2/c1-19-10-9-15-14-6-4-13(22-2)11-12(14)3-5-16(15)17(19)7-8-18(19)20-21/h4,6,11,15-17,21H,3,5,7-10H2,1-2H3/b20-18+/t15-,16-,17-,19-/m0/s1. The van der Waals surface area contributed by atoms with Crippen LogP contribution in [0.3, 0.4) is 0 Å². The lowest BCUT2D eigenvalue weighted by molar-refractivity contribution is 0.0938. The zero-order valence-electron chi connectivity index (χ0n) is 13.5. The Balaban J connectivity index is 1.69. The molecule has 1 aromatic carbocycles. The summed E-state index contributed by atoms with van der Waals surface area (Å²) in [5.74, 6) is 3.10. The molecule has 3 heteroatoms. The van der Waals surface area contributed by atoms with Gasteiger partial charge in [-0.2, -0.15) is 0 Å². The molecule has 0 heterocycles. The van der Waals surface area contributed by atoms with Gasteiger partial charge in [-0.05, 0) is 79.5 Å². The maximum atomic E-state index is 9.36. The van der Waals surface area contributed by atoms with E-state index in [0.29, 0.717) is 11.8 Å². The number of hydrogen-bond acceptors (Lipinski definition) is 3. The molecule has 0 bridgehead atoms. The van der Waals surface area contributed by atoms with Gasteiger partial charge in [-0.3, -0.25) is 0 Å². The van der Waals surface area contributed by atoms with Crippen molar-refractivity contribution in [3.05, 3.63) is 29.3 Å². The van der Waals surface area contributed by atoms with Gasteiger partial charge in [-0.15, -0.1) is 0 Å². The number of aryl methyl sites for hydroxylation is 1. The Morgan fingerprint density at radius 1 is 1.23 bits per heavy atom. The van der Waals surface area contributed by atoms with Crippen LogP contribution < -0.4 is 4.74 Å². The topological polar surface area (TPSA) is 41.8 Å². The van der Waals surface area contributed by atoms with Gasteiger partial charge >= 0.3 is 0 Å². The van der Waals surface area contributed by atoms with Crippen LogP contribution in [-0.4, -0.2) is 18.0 Å². The second-order valence-electron chi connectivity index (χ2n) is 7.52. The summed E-state index contributed by atoms with van der Waals surface area (Å²) in [5, 5.41) is 13.0. The molecule has 1 N–H and O–H groups in total. The fourth-order valence-corrected chi connectivity index (χ4v) is 5.64. The first-order valence-electron chi connectivity index (χ1n) is 8.55. The van der Waals surface area contributed by atoms with E-state index in [1.54, 1.807) is 12.7 Å². The molecule has 0 aromatic heterocycles. The molecular weight excluding hydrogens is 274 g/mol. The SMILES string of the molecule is COc1ccc2c(c1)CC[C@H]1[C@H]2CC[C@]2(C)/C(=N/O)CC[C@@H]12. The van der Waals surface area contributed by atoms with E-state index in [0.717, 1.165) is 36.6 Å². The van der Waals surface area contributed by atoms with Crippen LogP contribution in [0.25, 0.3) is 0 Å². The molecule has 2 saturated carbocycles. The number of benzene rings is 1. The van der Waals surface area contributed by atoms with Gasteiger partial charge in [0.15, 0.2) is 0 Å². The molecule has 1 aromatic rings. The van der Waals surface area contributed by atoms with Crippen LogP contribution in [-0.2, 0) is 6.42 Å². The molecule has 0 amide bonds. The van der Waals surface area contributed by atoms with Gasteiger partial charge in [0.2, 0.25) is 0 Å². The van der Waals surface area contributed by atoms with Crippen LogP contribution in [0, 0.1) is 17.3 Å². The number of fused-ring (bicyclic) bond motifs is 5. The molecule has 0 radical (unpaired) electrons. The van der Waals surface area contributed by atoms with Crippen molar-refractivity contribution in [1.29, 1.82) is 0 Å². The summed E-state index contributed by atoms with van der Waals surface area (Å²) in [7, 11) is 1.74. The van der Waals surface area contributed by atoms with Gasteiger partial charge in [0, 0.05) is 5.41 Å². The van der Waals surface area contributed by atoms with Crippen molar-refractivity contribution in [3.8, 4) is 5.75 Å². The lowest BCUT2D eigenvalue weighted by Gasteiger charge is -2.48. The second kappa shape index (κ2) is 5.00. The molecular formula is C19H25NO2. The third-order valence-corrected chi connectivity index (χ3v) is 6.80. The summed E-state index contributed by atoms with van der Waals surface area (Å²) < 4.78 is 5.39. The maximum Gasteiger partial charge on any atom is 0.119 e. The van der Waals surface area contributed by atoms with Crippen LogP contribution in [0.2, 0.25) is 0 Å². The van der Waals surface area contributed by atoms with E-state index >= 15 is 0 Å². The average Bonchev–Trinajstić information content (AvgIpc) is 2.90. The van der Waals surface area contributed by atoms with Crippen LogP contribution in [0.15, 0.2) is 23.4 Å². The molecule has 22 heavy (non-hydrogen) atoms. The third-order valence-electron chi connectivity index (χ3n) is 6.80. The first-order chi connectivity index (χ1) is 10.7.